The third-order valence-electron chi connectivity index (χ3n) is 2.96. The average Bonchev–Trinajstić information content (AvgIpc) is 2.37. The molecule has 0 aliphatic heterocycles. The van der Waals surface area contributed by atoms with Gasteiger partial charge in [0.05, 0.1) is 11.4 Å². The molecule has 3 heteroatoms. The first kappa shape index (κ1) is 14.4. The molecule has 1 rings (SSSR count). The number of anilines is 2. The van der Waals surface area contributed by atoms with E-state index in [9.17, 15) is 0 Å². The van der Waals surface area contributed by atoms with E-state index in [0.29, 0.717) is 0 Å². The summed E-state index contributed by atoms with van der Waals surface area (Å²) >= 11 is 0. The van der Waals surface area contributed by atoms with Crippen molar-refractivity contribution in [2.75, 3.05) is 51.1 Å². The summed E-state index contributed by atoms with van der Waals surface area (Å²) in [6.07, 6.45) is 4.26. The standard InChI is InChI=1S/C15H25N3/c1-6-17(4)14-10-7-8-11-15(14)18(5)13-9-12-16(2)3/h7-12H,6,13H2,1-5H3/b12-9-. The van der Waals surface area contributed by atoms with Crippen LogP contribution in [-0.4, -0.2) is 46.2 Å². The minimum atomic E-state index is 0.909. The molecule has 100 valence electrons. The van der Waals surface area contributed by atoms with Crippen molar-refractivity contribution in [3.63, 3.8) is 0 Å². The second-order valence-electron chi connectivity index (χ2n) is 4.73. The van der Waals surface area contributed by atoms with E-state index in [-0.39, 0.29) is 0 Å². The summed E-state index contributed by atoms with van der Waals surface area (Å²) < 4.78 is 0. The Kier molecular flexibility index (Phi) is 5.56. The van der Waals surface area contributed by atoms with Crippen molar-refractivity contribution in [3.05, 3.63) is 36.5 Å². The van der Waals surface area contributed by atoms with Crippen LogP contribution in [0.2, 0.25) is 0 Å². The lowest BCUT2D eigenvalue weighted by Gasteiger charge is -2.26. The molecular formula is C15H25N3. The zero-order valence-electron chi connectivity index (χ0n) is 12.2. The summed E-state index contributed by atoms with van der Waals surface area (Å²) in [4.78, 5) is 6.58. The number of hydrogen-bond acceptors (Lipinski definition) is 3. The largest absolute Gasteiger partial charge is 0.384 e. The molecule has 0 saturated carbocycles. The third kappa shape index (κ3) is 3.99. The fraction of sp³-hybridized carbons (Fsp3) is 0.467. The predicted octanol–water partition coefficient (Wildman–Crippen LogP) is 2.65. The molecule has 0 amide bonds. The van der Waals surface area contributed by atoms with Gasteiger partial charge in [0, 0.05) is 41.3 Å². The highest BCUT2D eigenvalue weighted by atomic mass is 15.2. The molecule has 0 N–H and O–H groups in total. The van der Waals surface area contributed by atoms with Crippen LogP contribution in [-0.2, 0) is 0 Å². The topological polar surface area (TPSA) is 9.72 Å². The highest BCUT2D eigenvalue weighted by Gasteiger charge is 2.08. The monoisotopic (exact) mass is 247 g/mol. The third-order valence-corrected chi connectivity index (χ3v) is 2.96. The van der Waals surface area contributed by atoms with Crippen LogP contribution in [0.15, 0.2) is 36.5 Å². The van der Waals surface area contributed by atoms with Gasteiger partial charge in [-0.2, -0.15) is 0 Å². The van der Waals surface area contributed by atoms with E-state index in [0.717, 1.165) is 13.1 Å². The van der Waals surface area contributed by atoms with Gasteiger partial charge in [-0.1, -0.05) is 12.1 Å². The van der Waals surface area contributed by atoms with Gasteiger partial charge in [0.2, 0.25) is 0 Å². The van der Waals surface area contributed by atoms with Crippen molar-refractivity contribution in [3.8, 4) is 0 Å². The van der Waals surface area contributed by atoms with Crippen LogP contribution in [0.1, 0.15) is 6.92 Å². The summed E-state index contributed by atoms with van der Waals surface area (Å²) in [5.74, 6) is 0. The van der Waals surface area contributed by atoms with Crippen molar-refractivity contribution in [2.24, 2.45) is 0 Å². The number of benzene rings is 1. The molecule has 0 heterocycles. The molecule has 1 aromatic rings. The van der Waals surface area contributed by atoms with E-state index in [1.807, 2.05) is 14.1 Å². The Balaban J connectivity index is 2.81. The van der Waals surface area contributed by atoms with Gasteiger partial charge in [-0.05, 0) is 31.3 Å². The van der Waals surface area contributed by atoms with E-state index < -0.39 is 0 Å². The van der Waals surface area contributed by atoms with Crippen molar-refractivity contribution < 1.29 is 0 Å². The van der Waals surface area contributed by atoms with Crippen molar-refractivity contribution in [1.29, 1.82) is 0 Å². The lowest BCUT2D eigenvalue weighted by atomic mass is 10.2. The maximum absolute atomic E-state index is 2.27. The molecule has 0 fully saturated rings. The Morgan fingerprint density at radius 1 is 0.944 bits per heavy atom. The highest BCUT2D eigenvalue weighted by molar-refractivity contribution is 5.70. The summed E-state index contributed by atoms with van der Waals surface area (Å²) in [6, 6.07) is 8.53. The van der Waals surface area contributed by atoms with Crippen molar-refractivity contribution >= 4 is 11.4 Å². The first-order chi connectivity index (χ1) is 8.56. The van der Waals surface area contributed by atoms with Crippen LogP contribution >= 0.6 is 0 Å². The fourth-order valence-electron chi connectivity index (χ4n) is 1.79. The average molecular weight is 247 g/mol. The quantitative estimate of drug-likeness (QED) is 0.765. The molecule has 0 saturated heterocycles. The van der Waals surface area contributed by atoms with Crippen LogP contribution in [0.5, 0.6) is 0 Å². The molecule has 0 atom stereocenters. The highest BCUT2D eigenvalue weighted by Crippen LogP contribution is 2.27. The van der Waals surface area contributed by atoms with Crippen LogP contribution in [0, 0.1) is 0 Å². The second kappa shape index (κ2) is 6.94. The van der Waals surface area contributed by atoms with E-state index in [1.54, 1.807) is 0 Å². The van der Waals surface area contributed by atoms with Crippen LogP contribution in [0.25, 0.3) is 0 Å². The number of rotatable bonds is 6. The molecule has 1 aromatic carbocycles. The fourth-order valence-corrected chi connectivity index (χ4v) is 1.79. The molecule has 0 bridgehead atoms. The van der Waals surface area contributed by atoms with Gasteiger partial charge in [0.15, 0.2) is 0 Å². The van der Waals surface area contributed by atoms with Crippen molar-refractivity contribution in [2.45, 2.75) is 6.92 Å². The number of para-hydroxylation sites is 2. The second-order valence-corrected chi connectivity index (χ2v) is 4.73. The summed E-state index contributed by atoms with van der Waals surface area (Å²) in [6.45, 7) is 4.09. The lowest BCUT2D eigenvalue weighted by Crippen LogP contribution is -2.23. The molecule has 0 aliphatic carbocycles. The smallest absolute Gasteiger partial charge is 0.0604 e. The van der Waals surface area contributed by atoms with E-state index in [1.165, 1.54) is 11.4 Å². The number of likely N-dealkylation sites (N-methyl/N-ethyl adjacent to an activating group) is 1. The maximum Gasteiger partial charge on any atom is 0.0604 e. The van der Waals surface area contributed by atoms with Crippen LogP contribution < -0.4 is 9.80 Å². The Hall–Kier alpha value is -1.64. The van der Waals surface area contributed by atoms with Gasteiger partial charge >= 0.3 is 0 Å². The van der Waals surface area contributed by atoms with Gasteiger partial charge in [-0.25, -0.2) is 0 Å². The first-order valence-electron chi connectivity index (χ1n) is 6.40. The minimum absolute atomic E-state index is 0.909. The van der Waals surface area contributed by atoms with Gasteiger partial charge in [-0.3, -0.25) is 0 Å². The Morgan fingerprint density at radius 2 is 1.50 bits per heavy atom. The van der Waals surface area contributed by atoms with Crippen LogP contribution in [0.3, 0.4) is 0 Å². The molecule has 0 radical (unpaired) electrons. The molecule has 0 aromatic heterocycles. The van der Waals surface area contributed by atoms with Crippen molar-refractivity contribution in [1.82, 2.24) is 4.90 Å². The Labute approximate surface area is 111 Å². The molecule has 0 spiro atoms. The molecule has 18 heavy (non-hydrogen) atoms. The van der Waals surface area contributed by atoms with Crippen LogP contribution in [0.4, 0.5) is 11.4 Å². The zero-order valence-corrected chi connectivity index (χ0v) is 12.2. The van der Waals surface area contributed by atoms with Gasteiger partial charge in [0.25, 0.3) is 0 Å². The van der Waals surface area contributed by atoms with E-state index in [4.69, 9.17) is 0 Å². The number of hydrogen-bond donors (Lipinski definition) is 0. The van der Waals surface area contributed by atoms with Gasteiger partial charge < -0.3 is 14.7 Å². The predicted molar refractivity (Wildman–Crippen MR) is 81.5 cm³/mol. The SMILES string of the molecule is CCN(C)c1ccccc1N(C)C/C=C\N(C)C. The Bertz CT molecular complexity index is 385. The summed E-state index contributed by atoms with van der Waals surface area (Å²) in [7, 11) is 8.33. The summed E-state index contributed by atoms with van der Waals surface area (Å²) in [5, 5.41) is 0. The Morgan fingerprint density at radius 3 is 2.00 bits per heavy atom. The molecule has 0 aliphatic rings. The molecule has 0 unspecified atom stereocenters. The molecular weight excluding hydrogens is 222 g/mol. The summed E-state index contributed by atoms with van der Waals surface area (Å²) in [5.41, 5.74) is 2.55. The maximum atomic E-state index is 2.27. The van der Waals surface area contributed by atoms with Gasteiger partial charge in [0.1, 0.15) is 0 Å². The normalized spacial score (nSPS) is 10.7. The molecule has 3 nitrogen and oxygen atoms in total. The lowest BCUT2D eigenvalue weighted by molar-refractivity contribution is 0.562. The zero-order chi connectivity index (χ0) is 13.5. The first-order valence-corrected chi connectivity index (χ1v) is 6.40. The van der Waals surface area contributed by atoms with Gasteiger partial charge in [-0.15, -0.1) is 0 Å². The number of nitrogens with zero attached hydrogens (tertiary/aromatic N) is 3. The minimum Gasteiger partial charge on any atom is -0.384 e. The van der Waals surface area contributed by atoms with E-state index in [2.05, 4.69) is 72.3 Å². The van der Waals surface area contributed by atoms with E-state index >= 15 is 0 Å².